The number of hydrogen-bond donors (Lipinski definition) is 1. The Kier molecular flexibility index (Phi) is 2.04. The third kappa shape index (κ3) is 1.44. The van der Waals surface area contributed by atoms with Crippen LogP contribution in [-0.2, 0) is 12.8 Å². The second-order valence-corrected chi connectivity index (χ2v) is 3.72. The van der Waals surface area contributed by atoms with E-state index in [4.69, 9.17) is 5.73 Å². The summed E-state index contributed by atoms with van der Waals surface area (Å²) in [5.74, 6) is 0.855. The Hall–Kier alpha value is -0.960. The largest absolute Gasteiger partial charge is 0.323 e. The van der Waals surface area contributed by atoms with Gasteiger partial charge in [0.1, 0.15) is 5.82 Å². The maximum atomic E-state index is 5.87. The first kappa shape index (κ1) is 8.63. The van der Waals surface area contributed by atoms with Crippen LogP contribution >= 0.6 is 0 Å². The summed E-state index contributed by atoms with van der Waals surface area (Å²) in [4.78, 5) is 8.84. The van der Waals surface area contributed by atoms with E-state index in [0.29, 0.717) is 0 Å². The standard InChI is InChI=1S/C10H15N3/c1-6(11)10-8-4-3-5-9(8)12-7(2)13-10/h6H,3-5,11H2,1-2H3. The maximum absolute atomic E-state index is 5.87. The molecule has 2 rings (SSSR count). The average molecular weight is 177 g/mol. The zero-order valence-electron chi connectivity index (χ0n) is 8.17. The van der Waals surface area contributed by atoms with Gasteiger partial charge in [-0.2, -0.15) is 0 Å². The van der Waals surface area contributed by atoms with E-state index in [1.165, 1.54) is 17.7 Å². The fourth-order valence-corrected chi connectivity index (χ4v) is 1.97. The molecule has 1 aliphatic carbocycles. The summed E-state index contributed by atoms with van der Waals surface area (Å²) in [7, 11) is 0. The molecule has 1 unspecified atom stereocenters. The van der Waals surface area contributed by atoms with E-state index in [0.717, 1.165) is 24.4 Å². The lowest BCUT2D eigenvalue weighted by Gasteiger charge is -2.10. The molecule has 13 heavy (non-hydrogen) atoms. The highest BCUT2D eigenvalue weighted by Gasteiger charge is 2.19. The quantitative estimate of drug-likeness (QED) is 0.703. The van der Waals surface area contributed by atoms with E-state index in [-0.39, 0.29) is 6.04 Å². The van der Waals surface area contributed by atoms with Gasteiger partial charge in [-0.25, -0.2) is 9.97 Å². The zero-order chi connectivity index (χ0) is 9.42. The van der Waals surface area contributed by atoms with Gasteiger partial charge in [0.25, 0.3) is 0 Å². The van der Waals surface area contributed by atoms with Crippen molar-refractivity contribution in [2.45, 2.75) is 39.2 Å². The minimum Gasteiger partial charge on any atom is -0.323 e. The van der Waals surface area contributed by atoms with Crippen molar-refractivity contribution in [1.82, 2.24) is 9.97 Å². The second-order valence-electron chi connectivity index (χ2n) is 3.72. The zero-order valence-corrected chi connectivity index (χ0v) is 8.17. The third-order valence-electron chi connectivity index (χ3n) is 2.51. The minimum atomic E-state index is 0.0357. The molecule has 0 aromatic carbocycles. The van der Waals surface area contributed by atoms with Crippen LogP contribution in [0.15, 0.2) is 0 Å². The van der Waals surface area contributed by atoms with Crippen LogP contribution in [0.4, 0.5) is 0 Å². The van der Waals surface area contributed by atoms with Gasteiger partial charge in [-0.15, -0.1) is 0 Å². The van der Waals surface area contributed by atoms with E-state index >= 15 is 0 Å². The summed E-state index contributed by atoms with van der Waals surface area (Å²) >= 11 is 0. The Bertz CT molecular complexity index is 331. The van der Waals surface area contributed by atoms with Crippen molar-refractivity contribution in [3.8, 4) is 0 Å². The van der Waals surface area contributed by atoms with Gasteiger partial charge >= 0.3 is 0 Å². The molecule has 2 N–H and O–H groups in total. The highest BCUT2D eigenvalue weighted by molar-refractivity contribution is 5.31. The Morgan fingerprint density at radius 2 is 2.08 bits per heavy atom. The number of nitrogens with two attached hydrogens (primary N) is 1. The SMILES string of the molecule is Cc1nc2c(c(C(C)N)n1)CCC2. The summed E-state index contributed by atoms with van der Waals surface area (Å²) in [6.07, 6.45) is 3.40. The smallest absolute Gasteiger partial charge is 0.125 e. The van der Waals surface area contributed by atoms with Crippen molar-refractivity contribution in [3.05, 3.63) is 22.8 Å². The van der Waals surface area contributed by atoms with Crippen LogP contribution in [-0.4, -0.2) is 9.97 Å². The van der Waals surface area contributed by atoms with Crippen molar-refractivity contribution < 1.29 is 0 Å². The summed E-state index contributed by atoms with van der Waals surface area (Å²) in [5.41, 5.74) is 9.45. The topological polar surface area (TPSA) is 51.8 Å². The number of aromatic nitrogens is 2. The van der Waals surface area contributed by atoms with Crippen molar-refractivity contribution in [1.29, 1.82) is 0 Å². The first-order chi connectivity index (χ1) is 6.18. The summed E-state index contributed by atoms with van der Waals surface area (Å²) in [6, 6.07) is 0.0357. The number of nitrogens with zero attached hydrogens (tertiary/aromatic N) is 2. The maximum Gasteiger partial charge on any atom is 0.125 e. The van der Waals surface area contributed by atoms with Gasteiger partial charge < -0.3 is 5.73 Å². The molecule has 1 atom stereocenters. The predicted molar refractivity (Wildman–Crippen MR) is 51.4 cm³/mol. The molecule has 0 fully saturated rings. The van der Waals surface area contributed by atoms with Gasteiger partial charge in [0.05, 0.1) is 5.69 Å². The van der Waals surface area contributed by atoms with Crippen LogP contribution in [0, 0.1) is 6.92 Å². The van der Waals surface area contributed by atoms with E-state index in [1.54, 1.807) is 0 Å². The molecule has 70 valence electrons. The van der Waals surface area contributed by atoms with E-state index in [1.807, 2.05) is 13.8 Å². The molecule has 0 spiro atoms. The molecule has 1 aromatic heterocycles. The molecule has 3 heteroatoms. The third-order valence-corrected chi connectivity index (χ3v) is 2.51. The molecule has 0 radical (unpaired) electrons. The van der Waals surface area contributed by atoms with E-state index < -0.39 is 0 Å². The van der Waals surface area contributed by atoms with Crippen LogP contribution in [0.3, 0.4) is 0 Å². The van der Waals surface area contributed by atoms with Gasteiger partial charge in [0.2, 0.25) is 0 Å². The number of hydrogen-bond acceptors (Lipinski definition) is 3. The molecule has 0 amide bonds. The van der Waals surface area contributed by atoms with Gasteiger partial charge in [-0.05, 0) is 38.7 Å². The van der Waals surface area contributed by atoms with Crippen molar-refractivity contribution in [2.75, 3.05) is 0 Å². The molecule has 0 saturated carbocycles. The molecule has 1 aromatic rings. The van der Waals surface area contributed by atoms with Gasteiger partial charge in [-0.1, -0.05) is 0 Å². The lowest BCUT2D eigenvalue weighted by molar-refractivity contribution is 0.746. The Morgan fingerprint density at radius 1 is 1.31 bits per heavy atom. The Labute approximate surface area is 78.4 Å². The molecular weight excluding hydrogens is 162 g/mol. The molecule has 0 bridgehead atoms. The van der Waals surface area contributed by atoms with Gasteiger partial charge in [-0.3, -0.25) is 0 Å². The average Bonchev–Trinajstić information content (AvgIpc) is 2.49. The van der Waals surface area contributed by atoms with Crippen LogP contribution < -0.4 is 5.73 Å². The summed E-state index contributed by atoms with van der Waals surface area (Å²) in [6.45, 7) is 3.92. The van der Waals surface area contributed by atoms with Gasteiger partial charge in [0, 0.05) is 11.7 Å². The van der Waals surface area contributed by atoms with E-state index in [2.05, 4.69) is 9.97 Å². The first-order valence-electron chi connectivity index (χ1n) is 4.80. The normalized spacial score (nSPS) is 17.2. The van der Waals surface area contributed by atoms with Crippen LogP contribution in [0.1, 0.15) is 42.2 Å². The molecular formula is C10H15N3. The number of fused-ring (bicyclic) bond motifs is 1. The second kappa shape index (κ2) is 3.07. The minimum absolute atomic E-state index is 0.0357. The van der Waals surface area contributed by atoms with Crippen molar-refractivity contribution in [3.63, 3.8) is 0 Å². The lowest BCUT2D eigenvalue weighted by Crippen LogP contribution is -2.13. The number of aryl methyl sites for hydroxylation is 2. The molecule has 0 saturated heterocycles. The highest BCUT2D eigenvalue weighted by atomic mass is 14.9. The Morgan fingerprint density at radius 3 is 2.77 bits per heavy atom. The molecule has 0 aliphatic heterocycles. The first-order valence-corrected chi connectivity index (χ1v) is 4.80. The molecule has 1 heterocycles. The molecule has 1 aliphatic rings. The lowest BCUT2D eigenvalue weighted by atomic mass is 10.1. The predicted octanol–water partition coefficient (Wildman–Crippen LogP) is 1.29. The van der Waals surface area contributed by atoms with E-state index in [9.17, 15) is 0 Å². The summed E-state index contributed by atoms with van der Waals surface area (Å²) in [5, 5.41) is 0. The Balaban J connectivity index is 2.55. The van der Waals surface area contributed by atoms with Gasteiger partial charge in [0.15, 0.2) is 0 Å². The summed E-state index contributed by atoms with van der Waals surface area (Å²) < 4.78 is 0. The number of rotatable bonds is 1. The van der Waals surface area contributed by atoms with Crippen LogP contribution in [0.25, 0.3) is 0 Å². The molecule has 3 nitrogen and oxygen atoms in total. The monoisotopic (exact) mass is 177 g/mol. The van der Waals surface area contributed by atoms with Crippen molar-refractivity contribution >= 4 is 0 Å². The highest BCUT2D eigenvalue weighted by Crippen LogP contribution is 2.25. The van der Waals surface area contributed by atoms with Crippen LogP contribution in [0.5, 0.6) is 0 Å². The van der Waals surface area contributed by atoms with Crippen molar-refractivity contribution in [2.24, 2.45) is 5.73 Å². The fraction of sp³-hybridized carbons (Fsp3) is 0.600. The van der Waals surface area contributed by atoms with Crippen LogP contribution in [0.2, 0.25) is 0 Å². The fourth-order valence-electron chi connectivity index (χ4n) is 1.97.